The lowest BCUT2D eigenvalue weighted by atomic mass is 10.0. The Morgan fingerprint density at radius 3 is 2.56 bits per heavy atom. The summed E-state index contributed by atoms with van der Waals surface area (Å²) in [4.78, 5) is 34.6. The predicted molar refractivity (Wildman–Crippen MR) is 97.4 cm³/mol. The van der Waals surface area contributed by atoms with Gasteiger partial charge in [-0.3, -0.25) is 10.1 Å². The van der Waals surface area contributed by atoms with E-state index in [0.717, 1.165) is 12.7 Å². The maximum absolute atomic E-state index is 12.0. The van der Waals surface area contributed by atoms with Gasteiger partial charge >= 0.3 is 12.1 Å². The number of nitro benzene ring substituents is 1. The Bertz CT molecular complexity index is 828. The zero-order chi connectivity index (χ0) is 19.8. The van der Waals surface area contributed by atoms with Gasteiger partial charge in [-0.05, 0) is 11.6 Å². The summed E-state index contributed by atoms with van der Waals surface area (Å²) < 4.78 is 9.74. The van der Waals surface area contributed by atoms with Gasteiger partial charge in [0.25, 0.3) is 5.69 Å². The number of nitrogens with one attached hydrogen (secondary N) is 1. The van der Waals surface area contributed by atoms with Gasteiger partial charge in [0.1, 0.15) is 12.6 Å². The van der Waals surface area contributed by atoms with Crippen LogP contribution in [-0.2, 0) is 27.3 Å². The van der Waals surface area contributed by atoms with Crippen LogP contribution in [0.3, 0.4) is 0 Å². The second-order valence-electron chi connectivity index (χ2n) is 5.52. The number of methoxy groups -OCH3 is 1. The molecule has 1 amide bonds. The minimum Gasteiger partial charge on any atom is -0.467 e. The van der Waals surface area contributed by atoms with Crippen LogP contribution >= 0.6 is 11.6 Å². The second kappa shape index (κ2) is 9.54. The minimum absolute atomic E-state index is 0.0155. The van der Waals surface area contributed by atoms with Crippen LogP contribution in [0.4, 0.5) is 10.5 Å². The fourth-order valence-corrected chi connectivity index (χ4v) is 2.51. The molecule has 0 aliphatic heterocycles. The fraction of sp³-hybridized carbons (Fsp3) is 0.222. The number of alkyl carbamates (subject to hydrolysis) is 1. The molecule has 142 valence electrons. The molecule has 0 saturated heterocycles. The highest BCUT2D eigenvalue weighted by molar-refractivity contribution is 6.30. The van der Waals surface area contributed by atoms with E-state index in [0.29, 0.717) is 0 Å². The van der Waals surface area contributed by atoms with Crippen LogP contribution in [0.5, 0.6) is 0 Å². The topological polar surface area (TPSA) is 108 Å². The number of benzene rings is 2. The van der Waals surface area contributed by atoms with Gasteiger partial charge in [-0.2, -0.15) is 0 Å². The van der Waals surface area contributed by atoms with E-state index in [4.69, 9.17) is 16.3 Å². The summed E-state index contributed by atoms with van der Waals surface area (Å²) in [6, 6.07) is 11.9. The van der Waals surface area contributed by atoms with Gasteiger partial charge in [-0.15, -0.1) is 0 Å². The van der Waals surface area contributed by atoms with Crippen molar-refractivity contribution in [3.63, 3.8) is 0 Å². The first kappa shape index (κ1) is 20.2. The van der Waals surface area contributed by atoms with Crippen LogP contribution in [0.15, 0.2) is 48.5 Å². The molecular weight excluding hydrogens is 376 g/mol. The summed E-state index contributed by atoms with van der Waals surface area (Å²) in [7, 11) is 1.16. The van der Waals surface area contributed by atoms with Gasteiger partial charge in [0, 0.05) is 23.1 Å². The largest absolute Gasteiger partial charge is 0.467 e. The monoisotopic (exact) mass is 392 g/mol. The van der Waals surface area contributed by atoms with Crippen LogP contribution in [0.2, 0.25) is 5.02 Å². The van der Waals surface area contributed by atoms with Gasteiger partial charge in [-0.1, -0.05) is 48.0 Å². The average Bonchev–Trinajstić information content (AvgIpc) is 2.67. The number of halogens is 1. The third-order valence-electron chi connectivity index (χ3n) is 3.66. The Hall–Kier alpha value is -3.13. The first-order chi connectivity index (χ1) is 12.9. The summed E-state index contributed by atoms with van der Waals surface area (Å²) in [5, 5.41) is 13.8. The number of carbonyl (C=O) groups excluding carboxylic acids is 2. The number of hydrogen-bond donors (Lipinski definition) is 1. The Balaban J connectivity index is 2.08. The van der Waals surface area contributed by atoms with Crippen molar-refractivity contribution in [2.75, 3.05) is 7.11 Å². The molecule has 8 nitrogen and oxygen atoms in total. The number of nitro groups is 1. The van der Waals surface area contributed by atoms with Crippen molar-refractivity contribution < 1.29 is 24.0 Å². The van der Waals surface area contributed by atoms with E-state index in [9.17, 15) is 19.7 Å². The molecule has 0 radical (unpaired) electrons. The van der Waals surface area contributed by atoms with E-state index in [1.807, 2.05) is 6.07 Å². The zero-order valence-corrected chi connectivity index (χ0v) is 15.1. The molecule has 2 aromatic rings. The maximum Gasteiger partial charge on any atom is 0.408 e. The predicted octanol–water partition coefficient (Wildman–Crippen LogP) is 3.26. The number of rotatable bonds is 7. The van der Waals surface area contributed by atoms with Crippen LogP contribution in [-0.4, -0.2) is 30.1 Å². The third kappa shape index (κ3) is 5.96. The van der Waals surface area contributed by atoms with Crippen molar-refractivity contribution in [3.05, 3.63) is 74.8 Å². The highest BCUT2D eigenvalue weighted by atomic mass is 35.5. The Kier molecular flexibility index (Phi) is 7.13. The summed E-state index contributed by atoms with van der Waals surface area (Å²) in [6.07, 6.45) is -0.994. The van der Waals surface area contributed by atoms with Crippen LogP contribution < -0.4 is 5.32 Å². The van der Waals surface area contributed by atoms with E-state index in [1.54, 1.807) is 24.3 Å². The van der Waals surface area contributed by atoms with Gasteiger partial charge in [-0.25, -0.2) is 9.59 Å². The second-order valence-corrected chi connectivity index (χ2v) is 5.95. The standard InChI is InChI=1S/C18H17ClN2O6/c1-26-17(22)15(9-13-7-8-14(19)10-16(13)21(24)25)20-18(23)27-11-12-5-3-2-4-6-12/h2-8,10,15H,9,11H2,1H3,(H,20,23). The van der Waals surface area contributed by atoms with Gasteiger partial charge in [0.2, 0.25) is 0 Å². The molecule has 0 saturated carbocycles. The molecule has 0 fully saturated rings. The third-order valence-corrected chi connectivity index (χ3v) is 3.89. The summed E-state index contributed by atoms with van der Waals surface area (Å²) in [5.41, 5.74) is 0.745. The molecule has 9 heteroatoms. The van der Waals surface area contributed by atoms with E-state index in [-0.39, 0.29) is 29.3 Å². The number of amides is 1. The van der Waals surface area contributed by atoms with Crippen molar-refractivity contribution in [2.24, 2.45) is 0 Å². The number of carbonyl (C=O) groups is 2. The first-order valence-corrected chi connectivity index (χ1v) is 8.26. The van der Waals surface area contributed by atoms with E-state index in [1.165, 1.54) is 18.2 Å². The lowest BCUT2D eigenvalue weighted by Gasteiger charge is -2.16. The molecule has 1 N–H and O–H groups in total. The zero-order valence-electron chi connectivity index (χ0n) is 14.4. The van der Waals surface area contributed by atoms with E-state index >= 15 is 0 Å². The van der Waals surface area contributed by atoms with Crippen molar-refractivity contribution in [1.29, 1.82) is 0 Å². The maximum atomic E-state index is 12.0. The number of ether oxygens (including phenoxy) is 2. The fourth-order valence-electron chi connectivity index (χ4n) is 2.34. The van der Waals surface area contributed by atoms with E-state index < -0.39 is 23.0 Å². The lowest BCUT2D eigenvalue weighted by molar-refractivity contribution is -0.385. The molecular formula is C18H17ClN2O6. The molecule has 27 heavy (non-hydrogen) atoms. The van der Waals surface area contributed by atoms with Crippen LogP contribution in [0, 0.1) is 10.1 Å². The van der Waals surface area contributed by atoms with Crippen molar-refractivity contribution in [3.8, 4) is 0 Å². The smallest absolute Gasteiger partial charge is 0.408 e. The number of nitrogens with zero attached hydrogens (tertiary/aromatic N) is 1. The van der Waals surface area contributed by atoms with Gasteiger partial charge < -0.3 is 14.8 Å². The molecule has 1 atom stereocenters. The Morgan fingerprint density at radius 2 is 1.93 bits per heavy atom. The quantitative estimate of drug-likeness (QED) is 0.440. The molecule has 0 aliphatic carbocycles. The molecule has 0 spiro atoms. The average molecular weight is 393 g/mol. The van der Waals surface area contributed by atoms with Crippen LogP contribution in [0.1, 0.15) is 11.1 Å². The molecule has 0 aromatic heterocycles. The SMILES string of the molecule is COC(=O)C(Cc1ccc(Cl)cc1[N+](=O)[O-])NC(=O)OCc1ccccc1. The summed E-state index contributed by atoms with van der Waals surface area (Å²) in [6.45, 7) is 0.0155. The normalized spacial score (nSPS) is 11.3. The highest BCUT2D eigenvalue weighted by Gasteiger charge is 2.26. The van der Waals surface area contributed by atoms with Gasteiger partial charge in [0.05, 0.1) is 12.0 Å². The molecule has 0 aliphatic rings. The lowest BCUT2D eigenvalue weighted by Crippen LogP contribution is -2.43. The molecule has 0 heterocycles. The molecule has 2 aromatic carbocycles. The minimum atomic E-state index is -1.15. The Morgan fingerprint density at radius 1 is 1.22 bits per heavy atom. The Labute approximate surface area is 160 Å². The highest BCUT2D eigenvalue weighted by Crippen LogP contribution is 2.24. The summed E-state index contributed by atoms with van der Waals surface area (Å²) in [5.74, 6) is -0.754. The van der Waals surface area contributed by atoms with Gasteiger partial charge in [0.15, 0.2) is 0 Å². The number of esters is 1. The van der Waals surface area contributed by atoms with Crippen molar-refractivity contribution in [2.45, 2.75) is 19.1 Å². The molecule has 2 rings (SSSR count). The molecule has 0 bridgehead atoms. The summed E-state index contributed by atoms with van der Waals surface area (Å²) >= 11 is 5.79. The number of hydrogen-bond acceptors (Lipinski definition) is 6. The molecule has 1 unspecified atom stereocenters. The first-order valence-electron chi connectivity index (χ1n) is 7.88. The van der Waals surface area contributed by atoms with E-state index in [2.05, 4.69) is 10.1 Å². The van der Waals surface area contributed by atoms with Crippen molar-refractivity contribution >= 4 is 29.4 Å². The van der Waals surface area contributed by atoms with Crippen molar-refractivity contribution in [1.82, 2.24) is 5.32 Å². The van der Waals surface area contributed by atoms with Crippen LogP contribution in [0.25, 0.3) is 0 Å².